The molecule has 0 spiro atoms. The van der Waals surface area contributed by atoms with E-state index >= 15 is 0 Å². The number of ether oxygens (including phenoxy) is 3. The molecule has 2 aromatic rings. The van der Waals surface area contributed by atoms with Crippen molar-refractivity contribution < 1.29 is 14.2 Å². The van der Waals surface area contributed by atoms with Crippen molar-refractivity contribution in [3.63, 3.8) is 0 Å². The van der Waals surface area contributed by atoms with E-state index in [1.54, 1.807) is 6.20 Å². The van der Waals surface area contributed by atoms with Crippen LogP contribution in [-0.4, -0.2) is 23.2 Å². The summed E-state index contributed by atoms with van der Waals surface area (Å²) in [5.41, 5.74) is 0. The van der Waals surface area contributed by atoms with Crippen molar-refractivity contribution in [3.05, 3.63) is 35.1 Å². The van der Waals surface area contributed by atoms with Crippen LogP contribution in [0.3, 0.4) is 0 Å². The number of hydrogen-bond acceptors (Lipinski definition) is 4. The summed E-state index contributed by atoms with van der Waals surface area (Å²) >= 11 is 3.37. The Morgan fingerprint density at radius 1 is 1.32 bits per heavy atom. The smallest absolute Gasteiger partial charge is 0.231 e. The SMILES string of the molecule is Brc1cnn(CCCOc2ccc3c(c2)OCO3)c1. The number of fused-ring (bicyclic) bond motifs is 1. The Morgan fingerprint density at radius 3 is 3.05 bits per heavy atom. The van der Waals surface area contributed by atoms with Gasteiger partial charge in [-0.1, -0.05) is 0 Å². The first-order valence-corrected chi connectivity index (χ1v) is 6.81. The standard InChI is InChI=1S/C13H13BrN2O3/c14-10-7-15-16(8-10)4-1-5-17-11-2-3-12-13(6-11)19-9-18-12/h2-3,6-8H,1,4-5,9H2. The van der Waals surface area contributed by atoms with Gasteiger partial charge in [-0.15, -0.1) is 0 Å². The van der Waals surface area contributed by atoms with E-state index in [1.807, 2.05) is 29.1 Å². The largest absolute Gasteiger partial charge is 0.493 e. The van der Waals surface area contributed by atoms with E-state index in [4.69, 9.17) is 14.2 Å². The van der Waals surface area contributed by atoms with Crippen molar-refractivity contribution in [1.82, 2.24) is 9.78 Å². The molecule has 19 heavy (non-hydrogen) atoms. The van der Waals surface area contributed by atoms with Crippen LogP contribution in [0.4, 0.5) is 0 Å². The minimum atomic E-state index is 0.285. The van der Waals surface area contributed by atoms with Crippen LogP contribution >= 0.6 is 15.9 Å². The molecule has 0 unspecified atom stereocenters. The highest BCUT2D eigenvalue weighted by molar-refractivity contribution is 9.10. The van der Waals surface area contributed by atoms with Gasteiger partial charge >= 0.3 is 0 Å². The number of rotatable bonds is 5. The van der Waals surface area contributed by atoms with E-state index in [1.165, 1.54) is 0 Å². The third kappa shape index (κ3) is 3.01. The summed E-state index contributed by atoms with van der Waals surface area (Å²) < 4.78 is 19.1. The van der Waals surface area contributed by atoms with Gasteiger partial charge in [0, 0.05) is 25.2 Å². The Bertz CT molecular complexity index is 571. The van der Waals surface area contributed by atoms with Crippen molar-refractivity contribution >= 4 is 15.9 Å². The Kier molecular flexibility index (Phi) is 3.59. The third-order valence-electron chi connectivity index (χ3n) is 2.75. The van der Waals surface area contributed by atoms with Gasteiger partial charge in [0.15, 0.2) is 11.5 Å². The summed E-state index contributed by atoms with van der Waals surface area (Å²) in [6, 6.07) is 5.60. The maximum absolute atomic E-state index is 5.67. The third-order valence-corrected chi connectivity index (χ3v) is 3.16. The molecule has 1 aliphatic heterocycles. The molecule has 0 aliphatic carbocycles. The van der Waals surface area contributed by atoms with E-state index in [2.05, 4.69) is 21.0 Å². The van der Waals surface area contributed by atoms with Crippen molar-refractivity contribution in [2.45, 2.75) is 13.0 Å². The summed E-state index contributed by atoms with van der Waals surface area (Å²) in [6.07, 6.45) is 4.61. The molecule has 1 aromatic carbocycles. The predicted octanol–water partition coefficient (Wildman–Crippen LogP) is 2.84. The van der Waals surface area contributed by atoms with E-state index < -0.39 is 0 Å². The minimum Gasteiger partial charge on any atom is -0.493 e. The van der Waals surface area contributed by atoms with Crippen molar-refractivity contribution in [1.29, 1.82) is 0 Å². The van der Waals surface area contributed by atoms with Crippen LogP contribution in [0, 0.1) is 0 Å². The van der Waals surface area contributed by atoms with Gasteiger partial charge in [-0.25, -0.2) is 0 Å². The number of halogens is 1. The zero-order valence-corrected chi connectivity index (χ0v) is 11.8. The van der Waals surface area contributed by atoms with Gasteiger partial charge in [-0.05, 0) is 28.1 Å². The van der Waals surface area contributed by atoms with E-state index in [-0.39, 0.29) is 6.79 Å². The highest BCUT2D eigenvalue weighted by Crippen LogP contribution is 2.35. The molecule has 0 atom stereocenters. The van der Waals surface area contributed by atoms with E-state index in [0.29, 0.717) is 6.61 Å². The second kappa shape index (κ2) is 5.52. The molecule has 1 aromatic heterocycles. The first kappa shape index (κ1) is 12.3. The summed E-state index contributed by atoms with van der Waals surface area (Å²) in [5, 5.41) is 4.19. The minimum absolute atomic E-state index is 0.285. The van der Waals surface area contributed by atoms with Gasteiger partial charge in [0.05, 0.1) is 17.3 Å². The molecule has 0 saturated carbocycles. The fraction of sp³-hybridized carbons (Fsp3) is 0.308. The number of aryl methyl sites for hydroxylation is 1. The van der Waals surface area contributed by atoms with Gasteiger partial charge < -0.3 is 14.2 Å². The van der Waals surface area contributed by atoms with Crippen LogP contribution in [0.1, 0.15) is 6.42 Å². The number of benzene rings is 1. The molecule has 2 heterocycles. The highest BCUT2D eigenvalue weighted by Gasteiger charge is 2.13. The van der Waals surface area contributed by atoms with Crippen molar-refractivity contribution in [2.24, 2.45) is 0 Å². The Labute approximate surface area is 119 Å². The van der Waals surface area contributed by atoms with Crippen LogP contribution in [0.2, 0.25) is 0 Å². The van der Waals surface area contributed by atoms with E-state index in [0.717, 1.165) is 34.7 Å². The first-order valence-electron chi connectivity index (χ1n) is 6.02. The molecule has 6 heteroatoms. The summed E-state index contributed by atoms with van der Waals surface area (Å²) in [5.74, 6) is 2.31. The maximum atomic E-state index is 5.67. The van der Waals surface area contributed by atoms with Gasteiger partial charge in [0.1, 0.15) is 5.75 Å². The average molecular weight is 325 g/mol. The molecule has 0 bridgehead atoms. The highest BCUT2D eigenvalue weighted by atomic mass is 79.9. The fourth-order valence-corrected chi connectivity index (χ4v) is 2.17. The average Bonchev–Trinajstić information content (AvgIpc) is 3.03. The monoisotopic (exact) mass is 324 g/mol. The molecule has 0 N–H and O–H groups in total. The zero-order chi connectivity index (χ0) is 13.1. The Balaban J connectivity index is 1.47. The van der Waals surface area contributed by atoms with Crippen molar-refractivity contribution in [3.8, 4) is 17.2 Å². The number of aromatic nitrogens is 2. The fourth-order valence-electron chi connectivity index (χ4n) is 1.84. The normalized spacial score (nSPS) is 12.7. The Morgan fingerprint density at radius 2 is 2.21 bits per heavy atom. The molecule has 0 amide bonds. The lowest BCUT2D eigenvalue weighted by molar-refractivity contribution is 0.173. The summed E-state index contributed by atoms with van der Waals surface area (Å²) in [7, 11) is 0. The van der Waals surface area contributed by atoms with Gasteiger partial charge in [-0.3, -0.25) is 4.68 Å². The molecule has 1 aliphatic rings. The quantitative estimate of drug-likeness (QED) is 0.793. The maximum Gasteiger partial charge on any atom is 0.231 e. The van der Waals surface area contributed by atoms with Crippen LogP contribution in [0.15, 0.2) is 35.1 Å². The second-order valence-electron chi connectivity index (χ2n) is 4.14. The topological polar surface area (TPSA) is 45.5 Å². The molecule has 0 radical (unpaired) electrons. The van der Waals surface area contributed by atoms with Crippen LogP contribution in [0.25, 0.3) is 0 Å². The predicted molar refractivity (Wildman–Crippen MR) is 72.6 cm³/mol. The van der Waals surface area contributed by atoms with Crippen LogP contribution in [-0.2, 0) is 6.54 Å². The van der Waals surface area contributed by atoms with Crippen molar-refractivity contribution in [2.75, 3.05) is 13.4 Å². The number of nitrogens with zero attached hydrogens (tertiary/aromatic N) is 2. The second-order valence-corrected chi connectivity index (χ2v) is 5.05. The lowest BCUT2D eigenvalue weighted by atomic mass is 10.3. The van der Waals surface area contributed by atoms with Gasteiger partial charge in [0.25, 0.3) is 0 Å². The summed E-state index contributed by atoms with van der Waals surface area (Å²) in [6.45, 7) is 1.75. The molecule has 100 valence electrons. The van der Waals surface area contributed by atoms with Crippen LogP contribution < -0.4 is 14.2 Å². The number of hydrogen-bond donors (Lipinski definition) is 0. The molecular formula is C13H13BrN2O3. The zero-order valence-electron chi connectivity index (χ0n) is 10.2. The Hall–Kier alpha value is -1.69. The molecule has 0 fully saturated rings. The first-order chi connectivity index (χ1) is 9.31. The lowest BCUT2D eigenvalue weighted by Gasteiger charge is -2.07. The molecule has 3 rings (SSSR count). The van der Waals surface area contributed by atoms with Gasteiger partial charge in [0.2, 0.25) is 6.79 Å². The van der Waals surface area contributed by atoms with Gasteiger partial charge in [-0.2, -0.15) is 5.10 Å². The van der Waals surface area contributed by atoms with E-state index in [9.17, 15) is 0 Å². The van der Waals surface area contributed by atoms with Crippen LogP contribution in [0.5, 0.6) is 17.2 Å². The molecular weight excluding hydrogens is 312 g/mol. The lowest BCUT2D eigenvalue weighted by Crippen LogP contribution is -2.04. The summed E-state index contributed by atoms with van der Waals surface area (Å²) in [4.78, 5) is 0. The molecule has 0 saturated heterocycles. The molecule has 5 nitrogen and oxygen atoms in total.